The van der Waals surface area contributed by atoms with Gasteiger partial charge in [-0.25, -0.2) is 8.78 Å². The van der Waals surface area contributed by atoms with Crippen LogP contribution in [0.2, 0.25) is 0 Å². The molecule has 112 valence electrons. The van der Waals surface area contributed by atoms with Gasteiger partial charge in [-0.05, 0) is 33.0 Å². The van der Waals surface area contributed by atoms with Crippen LogP contribution in [0.4, 0.5) is 8.78 Å². The van der Waals surface area contributed by atoms with E-state index in [0.717, 1.165) is 6.54 Å². The minimum absolute atomic E-state index is 0.0607. The predicted molar refractivity (Wildman–Crippen MR) is 74.6 cm³/mol. The Kier molecular flexibility index (Phi) is 5.07. The number of morpholine rings is 1. The average Bonchev–Trinajstić information content (AvgIpc) is 2.43. The molecule has 3 nitrogen and oxygen atoms in total. The summed E-state index contributed by atoms with van der Waals surface area (Å²) >= 11 is 0. The minimum atomic E-state index is -0.533. The van der Waals surface area contributed by atoms with Gasteiger partial charge in [0.05, 0.1) is 18.8 Å². The summed E-state index contributed by atoms with van der Waals surface area (Å²) in [5.74, 6) is -1.07. The van der Waals surface area contributed by atoms with E-state index >= 15 is 0 Å². The molecule has 2 rings (SSSR count). The van der Waals surface area contributed by atoms with Gasteiger partial charge in [-0.2, -0.15) is 0 Å². The van der Waals surface area contributed by atoms with Crippen molar-refractivity contribution in [2.75, 3.05) is 26.7 Å². The molecule has 0 amide bonds. The Labute approximate surface area is 118 Å². The van der Waals surface area contributed by atoms with Crippen molar-refractivity contribution in [3.05, 3.63) is 35.4 Å². The third-order valence-corrected chi connectivity index (χ3v) is 3.85. The largest absolute Gasteiger partial charge is 0.374 e. The van der Waals surface area contributed by atoms with Gasteiger partial charge in [0.15, 0.2) is 0 Å². The van der Waals surface area contributed by atoms with Crippen LogP contribution in [0.25, 0.3) is 0 Å². The lowest BCUT2D eigenvalue weighted by Crippen LogP contribution is -2.50. The van der Waals surface area contributed by atoms with E-state index in [2.05, 4.69) is 24.1 Å². The Morgan fingerprint density at radius 1 is 1.30 bits per heavy atom. The molecule has 0 saturated carbocycles. The second-order valence-corrected chi connectivity index (χ2v) is 5.40. The van der Waals surface area contributed by atoms with Gasteiger partial charge in [0.2, 0.25) is 0 Å². The maximum atomic E-state index is 13.9. The Bertz CT molecular complexity index is 433. The van der Waals surface area contributed by atoms with Crippen molar-refractivity contribution in [3.63, 3.8) is 0 Å². The summed E-state index contributed by atoms with van der Waals surface area (Å²) in [4.78, 5) is 2.26. The molecule has 1 aromatic rings. The maximum absolute atomic E-state index is 13.9. The smallest absolute Gasteiger partial charge is 0.131 e. The molecule has 20 heavy (non-hydrogen) atoms. The lowest BCUT2D eigenvalue weighted by Gasteiger charge is -2.39. The predicted octanol–water partition coefficient (Wildman–Crippen LogP) is 2.33. The normalized spacial score (nSPS) is 22.2. The highest BCUT2D eigenvalue weighted by atomic mass is 19.1. The summed E-state index contributed by atoms with van der Waals surface area (Å²) in [5.41, 5.74) is 0.0607. The van der Waals surface area contributed by atoms with Gasteiger partial charge < -0.3 is 10.1 Å². The first kappa shape index (κ1) is 15.4. The summed E-state index contributed by atoms with van der Waals surface area (Å²) in [7, 11) is 1.70. The molecule has 1 fully saturated rings. The van der Waals surface area contributed by atoms with Crippen LogP contribution in [0, 0.1) is 11.6 Å². The van der Waals surface area contributed by atoms with Gasteiger partial charge in [0.1, 0.15) is 11.6 Å². The van der Waals surface area contributed by atoms with Gasteiger partial charge in [-0.1, -0.05) is 6.07 Å². The number of ether oxygens (including phenoxy) is 1. The van der Waals surface area contributed by atoms with E-state index in [-0.39, 0.29) is 11.7 Å². The minimum Gasteiger partial charge on any atom is -0.374 e. The molecule has 0 spiro atoms. The van der Waals surface area contributed by atoms with Crippen molar-refractivity contribution in [1.82, 2.24) is 10.2 Å². The van der Waals surface area contributed by atoms with Crippen LogP contribution in [0.3, 0.4) is 0 Å². The van der Waals surface area contributed by atoms with Gasteiger partial charge >= 0.3 is 0 Å². The number of rotatable bonds is 4. The first-order valence-electron chi connectivity index (χ1n) is 7.01. The monoisotopic (exact) mass is 284 g/mol. The third kappa shape index (κ3) is 3.16. The first-order chi connectivity index (χ1) is 9.54. The van der Waals surface area contributed by atoms with Gasteiger partial charge in [0.25, 0.3) is 0 Å². The van der Waals surface area contributed by atoms with Crippen LogP contribution >= 0.6 is 0 Å². The molecule has 0 radical (unpaired) electrons. The lowest BCUT2D eigenvalue weighted by atomic mass is 9.98. The van der Waals surface area contributed by atoms with Crippen LogP contribution in [0.1, 0.15) is 25.5 Å². The Morgan fingerprint density at radius 2 is 1.95 bits per heavy atom. The van der Waals surface area contributed by atoms with Crippen molar-refractivity contribution in [2.45, 2.75) is 32.0 Å². The van der Waals surface area contributed by atoms with Crippen molar-refractivity contribution in [1.29, 1.82) is 0 Å². The summed E-state index contributed by atoms with van der Waals surface area (Å²) in [6.45, 7) is 6.32. The molecule has 1 aromatic carbocycles. The molecule has 1 heterocycles. The summed E-state index contributed by atoms with van der Waals surface area (Å²) in [6, 6.07) is 3.85. The number of likely N-dealkylation sites (N-methyl/N-ethyl adjacent to an activating group) is 1. The number of hydrogen-bond acceptors (Lipinski definition) is 3. The second-order valence-electron chi connectivity index (χ2n) is 5.40. The first-order valence-corrected chi connectivity index (χ1v) is 7.01. The van der Waals surface area contributed by atoms with Crippen molar-refractivity contribution in [3.8, 4) is 0 Å². The van der Waals surface area contributed by atoms with Crippen LogP contribution in [0.15, 0.2) is 18.2 Å². The highest BCUT2D eigenvalue weighted by Gasteiger charge is 2.32. The Morgan fingerprint density at radius 3 is 2.50 bits per heavy atom. The van der Waals surface area contributed by atoms with Gasteiger partial charge in [-0.15, -0.1) is 0 Å². The van der Waals surface area contributed by atoms with E-state index in [0.29, 0.717) is 19.2 Å². The van der Waals surface area contributed by atoms with E-state index < -0.39 is 17.7 Å². The van der Waals surface area contributed by atoms with Crippen LogP contribution in [-0.4, -0.2) is 43.8 Å². The number of nitrogens with one attached hydrogen (secondary N) is 1. The van der Waals surface area contributed by atoms with Crippen molar-refractivity contribution in [2.24, 2.45) is 0 Å². The lowest BCUT2D eigenvalue weighted by molar-refractivity contribution is -0.0559. The number of nitrogens with zero attached hydrogens (tertiary/aromatic N) is 1. The molecular weight excluding hydrogens is 262 g/mol. The zero-order valence-electron chi connectivity index (χ0n) is 12.2. The number of halogens is 2. The molecule has 1 aliphatic rings. The fourth-order valence-corrected chi connectivity index (χ4v) is 2.69. The summed E-state index contributed by atoms with van der Waals surface area (Å²) < 4.78 is 33.6. The molecule has 1 N–H and O–H groups in total. The van der Waals surface area contributed by atoms with Crippen LogP contribution in [-0.2, 0) is 4.74 Å². The molecule has 2 unspecified atom stereocenters. The molecule has 0 aliphatic carbocycles. The molecule has 2 atom stereocenters. The van der Waals surface area contributed by atoms with E-state index in [1.807, 2.05) is 0 Å². The molecule has 0 bridgehead atoms. The van der Waals surface area contributed by atoms with Crippen LogP contribution in [0.5, 0.6) is 0 Å². The SMILES string of the molecule is CNC(c1c(F)cccc1F)C1CN(C(C)C)CCO1. The zero-order valence-corrected chi connectivity index (χ0v) is 12.2. The van der Waals surface area contributed by atoms with Crippen LogP contribution < -0.4 is 5.32 Å². The fraction of sp³-hybridized carbons (Fsp3) is 0.600. The van der Waals surface area contributed by atoms with Gasteiger partial charge in [-0.3, -0.25) is 4.90 Å². The van der Waals surface area contributed by atoms with Crippen molar-refractivity contribution >= 4 is 0 Å². The second kappa shape index (κ2) is 6.61. The van der Waals surface area contributed by atoms with Crippen molar-refractivity contribution < 1.29 is 13.5 Å². The van der Waals surface area contributed by atoms with E-state index in [1.54, 1.807) is 7.05 Å². The number of benzene rings is 1. The molecule has 1 saturated heterocycles. The average molecular weight is 284 g/mol. The van der Waals surface area contributed by atoms with E-state index in [1.165, 1.54) is 18.2 Å². The molecule has 5 heteroatoms. The standard InChI is InChI=1S/C15H22F2N2O/c1-10(2)19-7-8-20-13(9-19)15(18-3)14-11(16)5-4-6-12(14)17/h4-6,10,13,15,18H,7-9H2,1-3H3. The Balaban J connectivity index is 2.23. The Hall–Kier alpha value is -1.04. The highest BCUT2D eigenvalue weighted by Crippen LogP contribution is 2.27. The summed E-state index contributed by atoms with van der Waals surface area (Å²) in [5, 5.41) is 3.00. The zero-order chi connectivity index (χ0) is 14.7. The fourth-order valence-electron chi connectivity index (χ4n) is 2.69. The summed E-state index contributed by atoms with van der Waals surface area (Å²) in [6.07, 6.45) is -0.262. The quantitative estimate of drug-likeness (QED) is 0.918. The molecular formula is C15H22F2N2O. The molecule has 1 aliphatic heterocycles. The topological polar surface area (TPSA) is 24.5 Å². The number of hydrogen-bond donors (Lipinski definition) is 1. The highest BCUT2D eigenvalue weighted by molar-refractivity contribution is 5.24. The van der Waals surface area contributed by atoms with E-state index in [9.17, 15) is 8.78 Å². The maximum Gasteiger partial charge on any atom is 0.131 e. The third-order valence-electron chi connectivity index (χ3n) is 3.85. The molecule has 0 aromatic heterocycles. The van der Waals surface area contributed by atoms with Gasteiger partial charge in [0, 0.05) is 24.7 Å². The van der Waals surface area contributed by atoms with E-state index in [4.69, 9.17) is 4.74 Å².